The lowest BCUT2D eigenvalue weighted by Gasteiger charge is -2.48. The lowest BCUT2D eigenvalue weighted by molar-refractivity contribution is 0.0407. The van der Waals surface area contributed by atoms with Crippen molar-refractivity contribution in [1.82, 2.24) is 14.6 Å². The standard InChI is InChI=1S/C28H34FN3O4S/c1-3-36-28(33)31-23-10-11-24-20(14-23)15-27-26(17-37(34,35)32(27)2)25(24)12-9-22-8-7-19(16-30-22)18-5-4-6-21(29)13-18/h4-9,12-13,16,20,23-27H,3,10-11,14-15,17H2,1-2H3,(H,31,33)/b12-9+/t20-,23-,24+,25-,26-,27+/m0/s1. The molecular formula is C28H34FN3O4S. The highest BCUT2D eigenvalue weighted by Gasteiger charge is 2.53. The number of alkyl carbamates (subject to hydrolysis) is 1. The van der Waals surface area contributed by atoms with Crippen LogP contribution in [-0.2, 0) is 14.8 Å². The van der Waals surface area contributed by atoms with Gasteiger partial charge in [-0.2, -0.15) is 0 Å². The number of nitrogens with zero attached hydrogens (tertiary/aromatic N) is 2. The first-order valence-electron chi connectivity index (χ1n) is 13.0. The summed E-state index contributed by atoms with van der Waals surface area (Å²) in [5, 5.41) is 2.99. The molecule has 2 aromatic rings. The number of amides is 1. The summed E-state index contributed by atoms with van der Waals surface area (Å²) in [4.78, 5) is 16.6. The SMILES string of the molecule is CCOC(=O)N[C@H]1CC[C@@H]2[C@@H](C1)C[C@@H]1[C@@H](CS(=O)(=O)N1C)[C@H]2/C=C/c1ccc(-c2cccc(F)c2)cn1. The number of ether oxygens (including phenoxy) is 1. The number of sulfonamides is 1. The van der Waals surface area contributed by atoms with Crippen molar-refractivity contribution in [3.05, 3.63) is 60.2 Å². The second-order valence-corrected chi connectivity index (χ2v) is 12.6. The molecule has 1 saturated heterocycles. The molecule has 7 nitrogen and oxygen atoms in total. The maximum Gasteiger partial charge on any atom is 0.407 e. The predicted octanol–water partition coefficient (Wildman–Crippen LogP) is 4.71. The van der Waals surface area contributed by atoms with Gasteiger partial charge in [-0.1, -0.05) is 24.3 Å². The summed E-state index contributed by atoms with van der Waals surface area (Å²) in [7, 11) is -1.58. The van der Waals surface area contributed by atoms with Crippen molar-refractivity contribution in [3.8, 4) is 11.1 Å². The van der Waals surface area contributed by atoms with Crippen molar-refractivity contribution < 1.29 is 22.3 Å². The van der Waals surface area contributed by atoms with Crippen molar-refractivity contribution in [2.24, 2.45) is 23.7 Å². The molecule has 3 fully saturated rings. The van der Waals surface area contributed by atoms with E-state index in [4.69, 9.17) is 4.74 Å². The van der Waals surface area contributed by atoms with Gasteiger partial charge in [-0.05, 0) is 86.1 Å². The number of hydrogen-bond acceptors (Lipinski definition) is 5. The highest BCUT2D eigenvalue weighted by molar-refractivity contribution is 7.89. The van der Waals surface area contributed by atoms with E-state index in [0.29, 0.717) is 18.4 Å². The number of allylic oxidation sites excluding steroid dienone is 1. The van der Waals surface area contributed by atoms with Crippen molar-refractivity contribution in [1.29, 1.82) is 0 Å². The first-order chi connectivity index (χ1) is 17.7. The molecule has 6 atom stereocenters. The fraction of sp³-hybridized carbons (Fsp3) is 0.500. The minimum Gasteiger partial charge on any atom is -0.450 e. The summed E-state index contributed by atoms with van der Waals surface area (Å²) in [6.07, 6.45) is 8.92. The van der Waals surface area contributed by atoms with Gasteiger partial charge < -0.3 is 10.1 Å². The molecule has 1 amide bonds. The average molecular weight is 528 g/mol. The van der Waals surface area contributed by atoms with Gasteiger partial charge in [0.15, 0.2) is 0 Å². The third-order valence-electron chi connectivity index (χ3n) is 8.41. The monoisotopic (exact) mass is 527 g/mol. The molecule has 1 aromatic heterocycles. The molecule has 37 heavy (non-hydrogen) atoms. The molecule has 0 bridgehead atoms. The molecular weight excluding hydrogens is 493 g/mol. The summed E-state index contributed by atoms with van der Waals surface area (Å²) in [5.74, 6) is 0.696. The number of carbonyl (C=O) groups is 1. The summed E-state index contributed by atoms with van der Waals surface area (Å²) < 4.78 is 45.9. The Balaban J connectivity index is 1.36. The van der Waals surface area contributed by atoms with E-state index in [1.807, 2.05) is 24.3 Å². The van der Waals surface area contributed by atoms with Crippen LogP contribution in [0.1, 0.15) is 38.3 Å². The van der Waals surface area contributed by atoms with E-state index in [9.17, 15) is 17.6 Å². The number of fused-ring (bicyclic) bond motifs is 2. The Hall–Kier alpha value is -2.78. The number of carbonyl (C=O) groups excluding carboxylic acids is 1. The van der Waals surface area contributed by atoms with Crippen molar-refractivity contribution in [3.63, 3.8) is 0 Å². The highest BCUT2D eigenvalue weighted by Crippen LogP contribution is 2.51. The van der Waals surface area contributed by atoms with Crippen LogP contribution in [0.3, 0.4) is 0 Å². The van der Waals surface area contributed by atoms with Crippen LogP contribution < -0.4 is 5.32 Å². The maximum absolute atomic E-state index is 13.6. The van der Waals surface area contributed by atoms with Crippen LogP contribution in [0.25, 0.3) is 17.2 Å². The van der Waals surface area contributed by atoms with Gasteiger partial charge in [0.2, 0.25) is 10.0 Å². The van der Waals surface area contributed by atoms with E-state index in [2.05, 4.69) is 16.4 Å². The molecule has 1 aliphatic heterocycles. The summed E-state index contributed by atoms with van der Waals surface area (Å²) in [6, 6.07) is 10.3. The second kappa shape index (κ2) is 10.5. The number of pyridine rings is 1. The zero-order chi connectivity index (χ0) is 26.2. The van der Waals surface area contributed by atoms with Crippen LogP contribution in [0.15, 0.2) is 48.7 Å². The number of nitrogens with one attached hydrogen (secondary N) is 1. The van der Waals surface area contributed by atoms with Crippen LogP contribution in [0.2, 0.25) is 0 Å². The van der Waals surface area contributed by atoms with Gasteiger partial charge in [0.1, 0.15) is 5.82 Å². The minimum absolute atomic E-state index is 0.0358. The van der Waals surface area contributed by atoms with Crippen molar-refractivity contribution >= 4 is 22.2 Å². The number of benzene rings is 1. The predicted molar refractivity (Wildman–Crippen MR) is 140 cm³/mol. The Morgan fingerprint density at radius 1 is 1.19 bits per heavy atom. The average Bonchev–Trinajstić information content (AvgIpc) is 3.10. The van der Waals surface area contributed by atoms with E-state index >= 15 is 0 Å². The van der Waals surface area contributed by atoms with Crippen LogP contribution >= 0.6 is 0 Å². The molecule has 9 heteroatoms. The lowest BCUT2D eigenvalue weighted by atomic mass is 9.59. The van der Waals surface area contributed by atoms with E-state index in [0.717, 1.165) is 42.5 Å². The fourth-order valence-electron chi connectivity index (χ4n) is 6.64. The Labute approximate surface area is 218 Å². The smallest absolute Gasteiger partial charge is 0.407 e. The molecule has 198 valence electrons. The van der Waals surface area contributed by atoms with Crippen molar-refractivity contribution in [2.45, 2.75) is 44.7 Å². The van der Waals surface area contributed by atoms with E-state index in [-0.39, 0.29) is 41.6 Å². The van der Waals surface area contributed by atoms with Gasteiger partial charge in [-0.3, -0.25) is 4.98 Å². The second-order valence-electron chi connectivity index (χ2n) is 10.5. The zero-order valence-corrected chi connectivity index (χ0v) is 22.0. The largest absolute Gasteiger partial charge is 0.450 e. The molecule has 0 unspecified atom stereocenters. The van der Waals surface area contributed by atoms with Gasteiger partial charge in [-0.25, -0.2) is 21.9 Å². The molecule has 0 radical (unpaired) electrons. The van der Waals surface area contributed by atoms with E-state index in [1.165, 1.54) is 12.1 Å². The molecule has 2 saturated carbocycles. The normalized spacial score (nSPS) is 31.0. The first-order valence-corrected chi connectivity index (χ1v) is 14.6. The topological polar surface area (TPSA) is 88.6 Å². The zero-order valence-electron chi connectivity index (χ0n) is 21.2. The summed E-state index contributed by atoms with van der Waals surface area (Å²) >= 11 is 0. The quantitative estimate of drug-likeness (QED) is 0.608. The highest BCUT2D eigenvalue weighted by atomic mass is 32.2. The Morgan fingerprint density at radius 2 is 2.03 bits per heavy atom. The molecule has 2 heterocycles. The van der Waals surface area contributed by atoms with Crippen LogP contribution in [0, 0.1) is 29.5 Å². The van der Waals surface area contributed by atoms with Gasteiger partial charge in [-0.15, -0.1) is 0 Å². The van der Waals surface area contributed by atoms with Crippen molar-refractivity contribution in [2.75, 3.05) is 19.4 Å². The van der Waals surface area contributed by atoms with E-state index < -0.39 is 10.0 Å². The van der Waals surface area contributed by atoms with Gasteiger partial charge in [0.25, 0.3) is 0 Å². The van der Waals surface area contributed by atoms with Crippen LogP contribution in [0.5, 0.6) is 0 Å². The lowest BCUT2D eigenvalue weighted by Crippen LogP contribution is -2.50. The fourth-order valence-corrected chi connectivity index (χ4v) is 8.46. The number of rotatable bonds is 5. The van der Waals surface area contributed by atoms with Crippen LogP contribution in [0.4, 0.5) is 9.18 Å². The molecule has 1 N–H and O–H groups in total. The molecule has 3 aliphatic rings. The molecule has 0 spiro atoms. The summed E-state index contributed by atoms with van der Waals surface area (Å²) in [5.41, 5.74) is 2.39. The number of hydrogen-bond donors (Lipinski definition) is 1. The first kappa shape index (κ1) is 25.9. The van der Waals surface area contributed by atoms with Gasteiger partial charge in [0.05, 0.1) is 18.1 Å². The molecule has 2 aliphatic carbocycles. The van der Waals surface area contributed by atoms with Gasteiger partial charge >= 0.3 is 6.09 Å². The number of aromatic nitrogens is 1. The number of halogens is 1. The van der Waals surface area contributed by atoms with Crippen LogP contribution in [-0.4, -0.2) is 55.3 Å². The third-order valence-corrected chi connectivity index (χ3v) is 10.4. The summed E-state index contributed by atoms with van der Waals surface area (Å²) in [6.45, 7) is 2.12. The Morgan fingerprint density at radius 3 is 2.76 bits per heavy atom. The molecule has 5 rings (SSSR count). The Kier molecular flexibility index (Phi) is 7.36. The van der Waals surface area contributed by atoms with E-state index in [1.54, 1.807) is 30.5 Å². The minimum atomic E-state index is -3.28. The third kappa shape index (κ3) is 5.43. The Bertz CT molecular complexity index is 1270. The molecule has 1 aromatic carbocycles. The van der Waals surface area contributed by atoms with Gasteiger partial charge in [0, 0.05) is 30.9 Å². The maximum atomic E-state index is 13.6.